The molecule has 0 unspecified atom stereocenters. The molecule has 0 amide bonds. The van der Waals surface area contributed by atoms with E-state index in [4.69, 9.17) is 0 Å². The molecule has 0 bridgehead atoms. The van der Waals surface area contributed by atoms with Crippen molar-refractivity contribution < 1.29 is 0 Å². The Labute approximate surface area is 106 Å². The van der Waals surface area contributed by atoms with Crippen LogP contribution in [0, 0.1) is 17.2 Å². The summed E-state index contributed by atoms with van der Waals surface area (Å²) in [4.78, 5) is 0. The van der Waals surface area contributed by atoms with E-state index in [0.717, 1.165) is 12.8 Å². The molecular formula is C15H27NO. The average molecular weight is 237 g/mol. The summed E-state index contributed by atoms with van der Waals surface area (Å²) in [6.45, 7) is 0. The van der Waals surface area contributed by atoms with Crippen molar-refractivity contribution >= 4 is 0 Å². The van der Waals surface area contributed by atoms with Crippen molar-refractivity contribution in [3.05, 3.63) is 10.2 Å². The van der Waals surface area contributed by atoms with Crippen LogP contribution in [0.3, 0.4) is 0 Å². The summed E-state index contributed by atoms with van der Waals surface area (Å²) >= 11 is 0. The second kappa shape index (κ2) is 10.4. The summed E-state index contributed by atoms with van der Waals surface area (Å²) in [5.74, 6) is 0.329. The average Bonchev–Trinajstić information content (AvgIpc) is 2.34. The lowest BCUT2D eigenvalue weighted by molar-refractivity contribution is 0.461. The van der Waals surface area contributed by atoms with Crippen molar-refractivity contribution in [2.75, 3.05) is 0 Å². The van der Waals surface area contributed by atoms with Gasteiger partial charge in [0, 0.05) is 5.01 Å². The van der Waals surface area contributed by atoms with Crippen LogP contribution in [0.4, 0.5) is 0 Å². The molecule has 1 saturated carbocycles. The molecule has 0 radical (unpaired) electrons. The zero-order valence-electron chi connectivity index (χ0n) is 11.1. The Hall–Kier alpha value is -0.710. The van der Waals surface area contributed by atoms with Gasteiger partial charge in [-0.1, -0.05) is 70.6 Å². The van der Waals surface area contributed by atoms with Gasteiger partial charge in [0.05, 0.1) is 5.92 Å². The van der Waals surface area contributed by atoms with E-state index >= 15 is 0 Å². The fourth-order valence-electron chi connectivity index (χ4n) is 2.72. The zero-order chi connectivity index (χ0) is 12.2. The van der Waals surface area contributed by atoms with Gasteiger partial charge in [0.2, 0.25) is 0 Å². The predicted octanol–water partition coefficient (Wildman–Crippen LogP) is 5.52. The highest BCUT2D eigenvalue weighted by Gasteiger charge is 2.11. The van der Waals surface area contributed by atoms with E-state index in [-0.39, 0.29) is 0 Å². The lowest BCUT2D eigenvalue weighted by Gasteiger charge is -2.08. The highest BCUT2D eigenvalue weighted by molar-refractivity contribution is 4.94. The Morgan fingerprint density at radius 1 is 0.647 bits per heavy atom. The van der Waals surface area contributed by atoms with Crippen LogP contribution in [0.25, 0.3) is 5.01 Å². The third-order valence-corrected chi connectivity index (χ3v) is 3.84. The minimum atomic E-state index is 0.329. The van der Waals surface area contributed by atoms with Crippen LogP contribution in [0.5, 0.6) is 0 Å². The highest BCUT2D eigenvalue weighted by atomic mass is 16.4. The van der Waals surface area contributed by atoms with Crippen molar-refractivity contribution in [2.24, 2.45) is 5.92 Å². The van der Waals surface area contributed by atoms with E-state index in [1.807, 2.05) is 0 Å². The number of hydrogen-bond donors (Lipinski definition) is 0. The molecule has 1 aliphatic rings. The van der Waals surface area contributed by atoms with Gasteiger partial charge in [0.25, 0.3) is 0 Å². The SMILES string of the molecule is [O-][N+]#CC1CCCCCCCCCCCCC1. The molecule has 0 aromatic carbocycles. The topological polar surface area (TPSA) is 27.4 Å². The third-order valence-electron chi connectivity index (χ3n) is 3.84. The molecule has 17 heavy (non-hydrogen) atoms. The van der Waals surface area contributed by atoms with Crippen molar-refractivity contribution in [3.8, 4) is 6.07 Å². The smallest absolute Gasteiger partial charge is 0.301 e. The second-order valence-corrected chi connectivity index (χ2v) is 5.38. The molecule has 0 N–H and O–H groups in total. The molecule has 0 spiro atoms. The number of hydrogen-bond acceptors (Lipinski definition) is 1. The van der Waals surface area contributed by atoms with Crippen LogP contribution >= 0.6 is 0 Å². The monoisotopic (exact) mass is 237 g/mol. The maximum atomic E-state index is 10.3. The lowest BCUT2D eigenvalue weighted by atomic mass is 9.94. The molecule has 0 aliphatic heterocycles. The molecule has 0 heterocycles. The summed E-state index contributed by atoms with van der Waals surface area (Å²) < 4.78 is 0. The minimum Gasteiger partial charge on any atom is -0.498 e. The summed E-state index contributed by atoms with van der Waals surface area (Å²) in [5.41, 5.74) is 0. The van der Waals surface area contributed by atoms with E-state index < -0.39 is 0 Å². The first-order chi connectivity index (χ1) is 8.43. The van der Waals surface area contributed by atoms with Gasteiger partial charge in [0.15, 0.2) is 0 Å². The maximum Gasteiger partial charge on any atom is 0.301 e. The Morgan fingerprint density at radius 3 is 1.35 bits per heavy atom. The number of nitrogens with zero attached hydrogens (tertiary/aromatic N) is 1. The predicted molar refractivity (Wildman–Crippen MR) is 74.1 cm³/mol. The van der Waals surface area contributed by atoms with Crippen LogP contribution in [0.2, 0.25) is 0 Å². The lowest BCUT2D eigenvalue weighted by Crippen LogP contribution is -1.98. The van der Waals surface area contributed by atoms with Crippen LogP contribution < -0.4 is 0 Å². The van der Waals surface area contributed by atoms with E-state index in [9.17, 15) is 5.21 Å². The molecule has 0 saturated heterocycles. The summed E-state index contributed by atoms with van der Waals surface area (Å²) in [6.07, 6.45) is 17.1. The highest BCUT2D eigenvalue weighted by Crippen LogP contribution is 2.20. The Morgan fingerprint density at radius 2 is 1.00 bits per heavy atom. The van der Waals surface area contributed by atoms with E-state index in [2.05, 4.69) is 11.1 Å². The molecular weight excluding hydrogens is 210 g/mol. The first-order valence-corrected chi connectivity index (χ1v) is 7.51. The van der Waals surface area contributed by atoms with Gasteiger partial charge < -0.3 is 5.21 Å². The summed E-state index contributed by atoms with van der Waals surface area (Å²) in [6, 6.07) is 2.73. The quantitative estimate of drug-likeness (QED) is 0.510. The second-order valence-electron chi connectivity index (χ2n) is 5.38. The van der Waals surface area contributed by atoms with Crippen LogP contribution in [-0.2, 0) is 0 Å². The molecule has 1 rings (SSSR count). The number of rotatable bonds is 0. The van der Waals surface area contributed by atoms with Crippen molar-refractivity contribution in [2.45, 2.75) is 83.5 Å². The Balaban J connectivity index is 2.25. The zero-order valence-corrected chi connectivity index (χ0v) is 11.1. The van der Waals surface area contributed by atoms with Crippen LogP contribution in [0.1, 0.15) is 83.5 Å². The first kappa shape index (κ1) is 14.4. The van der Waals surface area contributed by atoms with Crippen LogP contribution in [0.15, 0.2) is 0 Å². The molecule has 2 nitrogen and oxygen atoms in total. The van der Waals surface area contributed by atoms with Gasteiger partial charge in [-0.3, -0.25) is 0 Å². The molecule has 2 heteroatoms. The standard InChI is InChI=1S/C15H27NO/c17-16-14-15-12-10-8-6-4-2-1-3-5-7-9-11-13-15/h15H,1-13H2. The first-order valence-electron chi connectivity index (χ1n) is 7.51. The molecule has 0 aromatic heterocycles. The van der Waals surface area contributed by atoms with Crippen LogP contribution in [-0.4, -0.2) is 0 Å². The molecule has 1 aliphatic carbocycles. The van der Waals surface area contributed by atoms with E-state index in [0.29, 0.717) is 5.92 Å². The van der Waals surface area contributed by atoms with Crippen molar-refractivity contribution in [3.63, 3.8) is 0 Å². The summed E-state index contributed by atoms with van der Waals surface area (Å²) in [5, 5.41) is 13.1. The Kier molecular flexibility index (Phi) is 8.82. The maximum absolute atomic E-state index is 10.3. The molecule has 0 aromatic rings. The van der Waals surface area contributed by atoms with Gasteiger partial charge in [-0.2, -0.15) is 0 Å². The van der Waals surface area contributed by atoms with E-state index in [1.54, 1.807) is 0 Å². The fourth-order valence-corrected chi connectivity index (χ4v) is 2.72. The van der Waals surface area contributed by atoms with Gasteiger partial charge in [-0.25, -0.2) is 0 Å². The largest absolute Gasteiger partial charge is 0.498 e. The van der Waals surface area contributed by atoms with Gasteiger partial charge in [-0.15, -0.1) is 0 Å². The minimum absolute atomic E-state index is 0.329. The molecule has 0 atom stereocenters. The normalized spacial score (nSPS) is 22.1. The molecule has 1 fully saturated rings. The van der Waals surface area contributed by atoms with Gasteiger partial charge in [0.1, 0.15) is 0 Å². The van der Waals surface area contributed by atoms with Gasteiger partial charge in [-0.05, 0) is 12.8 Å². The third kappa shape index (κ3) is 8.07. The fraction of sp³-hybridized carbons (Fsp3) is 0.933. The van der Waals surface area contributed by atoms with Crippen molar-refractivity contribution in [1.82, 2.24) is 0 Å². The van der Waals surface area contributed by atoms with Crippen molar-refractivity contribution in [1.29, 1.82) is 0 Å². The van der Waals surface area contributed by atoms with E-state index in [1.165, 1.54) is 70.6 Å². The molecule has 98 valence electrons. The Bertz CT molecular complexity index is 215. The summed E-state index contributed by atoms with van der Waals surface area (Å²) in [7, 11) is 0. The van der Waals surface area contributed by atoms with Gasteiger partial charge >= 0.3 is 6.07 Å².